The van der Waals surface area contributed by atoms with Crippen molar-refractivity contribution in [3.05, 3.63) is 54.6 Å². The first-order valence-corrected chi connectivity index (χ1v) is 8.31. The minimum atomic E-state index is -0.0369. The van der Waals surface area contributed by atoms with E-state index >= 15 is 0 Å². The molecule has 3 aromatic rings. The number of piperidine rings is 1. The van der Waals surface area contributed by atoms with Gasteiger partial charge in [0.2, 0.25) is 0 Å². The van der Waals surface area contributed by atoms with Crippen molar-refractivity contribution in [3.8, 4) is 0 Å². The van der Waals surface area contributed by atoms with E-state index in [1.165, 1.54) is 0 Å². The van der Waals surface area contributed by atoms with Crippen molar-refractivity contribution in [2.45, 2.75) is 31.8 Å². The van der Waals surface area contributed by atoms with Crippen molar-refractivity contribution in [3.63, 3.8) is 0 Å². The molecule has 24 heavy (non-hydrogen) atoms. The molecule has 0 unspecified atom stereocenters. The molecule has 0 N–H and O–H groups in total. The van der Waals surface area contributed by atoms with Gasteiger partial charge in [-0.25, -0.2) is 4.98 Å². The molecule has 1 aromatic carbocycles. The van der Waals surface area contributed by atoms with Crippen molar-refractivity contribution >= 4 is 16.9 Å². The normalized spacial score (nSPS) is 18.0. The number of rotatable bonds is 3. The van der Waals surface area contributed by atoms with Crippen LogP contribution in [0.4, 0.5) is 0 Å². The lowest BCUT2D eigenvalue weighted by molar-refractivity contribution is 0.0578. The molecule has 1 atom stereocenters. The van der Waals surface area contributed by atoms with E-state index in [2.05, 4.69) is 15.1 Å². The van der Waals surface area contributed by atoms with E-state index < -0.39 is 0 Å². The van der Waals surface area contributed by atoms with Gasteiger partial charge in [-0.1, -0.05) is 12.1 Å². The van der Waals surface area contributed by atoms with Gasteiger partial charge in [0.1, 0.15) is 5.69 Å². The van der Waals surface area contributed by atoms with Gasteiger partial charge < -0.3 is 4.90 Å². The van der Waals surface area contributed by atoms with Gasteiger partial charge in [0.25, 0.3) is 5.91 Å². The smallest absolute Gasteiger partial charge is 0.274 e. The Morgan fingerprint density at radius 2 is 2.04 bits per heavy atom. The van der Waals surface area contributed by atoms with Gasteiger partial charge in [0.05, 0.1) is 29.8 Å². The predicted molar refractivity (Wildman–Crippen MR) is 90.4 cm³/mol. The number of benzene rings is 1. The molecule has 1 fully saturated rings. The molecule has 6 nitrogen and oxygen atoms in total. The molecule has 122 valence electrons. The van der Waals surface area contributed by atoms with Crippen LogP contribution in [0.3, 0.4) is 0 Å². The molecule has 0 radical (unpaired) electrons. The van der Waals surface area contributed by atoms with Crippen LogP contribution in [0.15, 0.2) is 48.9 Å². The molecule has 0 saturated carbocycles. The van der Waals surface area contributed by atoms with Crippen LogP contribution >= 0.6 is 0 Å². The zero-order chi connectivity index (χ0) is 16.4. The molecule has 0 bridgehead atoms. The van der Waals surface area contributed by atoms with Crippen LogP contribution in [0.1, 0.15) is 29.8 Å². The highest BCUT2D eigenvalue weighted by atomic mass is 16.2. The van der Waals surface area contributed by atoms with E-state index in [1.807, 2.05) is 46.1 Å². The third-order valence-corrected chi connectivity index (χ3v) is 4.51. The van der Waals surface area contributed by atoms with Crippen LogP contribution < -0.4 is 0 Å². The number of para-hydroxylation sites is 2. The first-order valence-electron chi connectivity index (χ1n) is 8.31. The van der Waals surface area contributed by atoms with Gasteiger partial charge in [-0.05, 0) is 37.5 Å². The Labute approximate surface area is 140 Å². The number of likely N-dealkylation sites (tertiary alicyclic amines) is 1. The van der Waals surface area contributed by atoms with Gasteiger partial charge in [0.15, 0.2) is 0 Å². The fourth-order valence-corrected chi connectivity index (χ4v) is 3.29. The fourth-order valence-electron chi connectivity index (χ4n) is 3.29. The summed E-state index contributed by atoms with van der Waals surface area (Å²) in [6, 6.07) is 9.67. The molecule has 4 rings (SSSR count). The SMILES string of the molecule is O=C(c1cnc2ccccc2n1)N1CCCC[C@@H]1Cn1cccn1. The molecule has 6 heteroatoms. The van der Waals surface area contributed by atoms with Crippen LogP contribution in [0.25, 0.3) is 11.0 Å². The number of hydrogen-bond acceptors (Lipinski definition) is 4. The number of fused-ring (bicyclic) bond motifs is 1. The number of nitrogens with zero attached hydrogens (tertiary/aromatic N) is 5. The van der Waals surface area contributed by atoms with Gasteiger partial charge in [-0.15, -0.1) is 0 Å². The van der Waals surface area contributed by atoms with Crippen molar-refractivity contribution in [2.75, 3.05) is 6.54 Å². The first kappa shape index (κ1) is 14.8. The van der Waals surface area contributed by atoms with Crippen molar-refractivity contribution in [1.82, 2.24) is 24.6 Å². The second-order valence-electron chi connectivity index (χ2n) is 6.12. The maximum absolute atomic E-state index is 13.0. The molecule has 0 aliphatic carbocycles. The lowest BCUT2D eigenvalue weighted by Gasteiger charge is -2.35. The quantitative estimate of drug-likeness (QED) is 0.743. The van der Waals surface area contributed by atoms with Gasteiger partial charge in [0, 0.05) is 18.9 Å². The van der Waals surface area contributed by atoms with Crippen molar-refractivity contribution in [2.24, 2.45) is 0 Å². The Morgan fingerprint density at radius 3 is 2.88 bits per heavy atom. The molecular formula is C18H19N5O. The Morgan fingerprint density at radius 1 is 1.17 bits per heavy atom. The van der Waals surface area contributed by atoms with Crippen LogP contribution in [0.2, 0.25) is 0 Å². The molecular weight excluding hydrogens is 302 g/mol. The minimum absolute atomic E-state index is 0.0369. The molecule has 2 aromatic heterocycles. The second kappa shape index (κ2) is 6.39. The van der Waals surface area contributed by atoms with Gasteiger partial charge >= 0.3 is 0 Å². The number of aromatic nitrogens is 4. The maximum atomic E-state index is 13.0. The van der Waals surface area contributed by atoms with Crippen LogP contribution in [-0.4, -0.2) is 43.1 Å². The van der Waals surface area contributed by atoms with E-state index in [-0.39, 0.29) is 11.9 Å². The zero-order valence-electron chi connectivity index (χ0n) is 13.4. The van der Waals surface area contributed by atoms with Crippen LogP contribution in [0.5, 0.6) is 0 Å². The Bertz CT molecular complexity index is 846. The van der Waals surface area contributed by atoms with Gasteiger partial charge in [-0.2, -0.15) is 5.10 Å². The van der Waals surface area contributed by atoms with E-state index in [0.717, 1.165) is 43.4 Å². The fraction of sp³-hybridized carbons (Fsp3) is 0.333. The summed E-state index contributed by atoms with van der Waals surface area (Å²) in [5.74, 6) is -0.0369. The highest BCUT2D eigenvalue weighted by Crippen LogP contribution is 2.21. The molecule has 1 saturated heterocycles. The van der Waals surface area contributed by atoms with E-state index in [1.54, 1.807) is 12.4 Å². The van der Waals surface area contributed by atoms with Gasteiger partial charge in [-0.3, -0.25) is 14.5 Å². The van der Waals surface area contributed by atoms with Crippen molar-refractivity contribution < 1.29 is 4.79 Å². The Kier molecular flexibility index (Phi) is 3.94. The summed E-state index contributed by atoms with van der Waals surface area (Å²) in [6.45, 7) is 1.49. The number of amides is 1. The van der Waals surface area contributed by atoms with E-state index in [4.69, 9.17) is 0 Å². The summed E-state index contributed by atoms with van der Waals surface area (Å²) in [4.78, 5) is 23.8. The summed E-state index contributed by atoms with van der Waals surface area (Å²) in [7, 11) is 0. The Balaban J connectivity index is 1.60. The minimum Gasteiger partial charge on any atom is -0.332 e. The standard InChI is InChI=1S/C18H19N5O/c24-18(17-12-19-15-7-1-2-8-16(15)21-17)23-11-4-3-6-14(23)13-22-10-5-9-20-22/h1-2,5,7-10,12,14H,3-4,6,11,13H2/t14-/m1/s1. The summed E-state index contributed by atoms with van der Waals surface area (Å²) in [5, 5.41) is 4.27. The monoisotopic (exact) mass is 321 g/mol. The summed E-state index contributed by atoms with van der Waals surface area (Å²) in [5.41, 5.74) is 1.98. The Hall–Kier alpha value is -2.76. The molecule has 1 aliphatic rings. The highest BCUT2D eigenvalue weighted by molar-refractivity contribution is 5.94. The van der Waals surface area contributed by atoms with Crippen molar-refractivity contribution in [1.29, 1.82) is 0 Å². The summed E-state index contributed by atoms with van der Waals surface area (Å²) in [6.07, 6.45) is 8.45. The topological polar surface area (TPSA) is 63.9 Å². The molecule has 3 heterocycles. The molecule has 0 spiro atoms. The number of carbonyl (C=O) groups is 1. The largest absolute Gasteiger partial charge is 0.332 e. The predicted octanol–water partition coefficient (Wildman–Crippen LogP) is 2.52. The summed E-state index contributed by atoms with van der Waals surface area (Å²) < 4.78 is 1.89. The van der Waals surface area contributed by atoms with Crippen LogP contribution in [0, 0.1) is 0 Å². The molecule has 1 aliphatic heterocycles. The lowest BCUT2D eigenvalue weighted by Crippen LogP contribution is -2.46. The summed E-state index contributed by atoms with van der Waals surface area (Å²) >= 11 is 0. The number of carbonyl (C=O) groups excluding carboxylic acids is 1. The third kappa shape index (κ3) is 2.87. The highest BCUT2D eigenvalue weighted by Gasteiger charge is 2.28. The number of hydrogen-bond donors (Lipinski definition) is 0. The zero-order valence-corrected chi connectivity index (χ0v) is 13.4. The first-order chi connectivity index (χ1) is 11.8. The molecule has 1 amide bonds. The third-order valence-electron chi connectivity index (χ3n) is 4.51. The second-order valence-corrected chi connectivity index (χ2v) is 6.12. The average molecular weight is 321 g/mol. The lowest BCUT2D eigenvalue weighted by atomic mass is 10.0. The average Bonchev–Trinajstić information content (AvgIpc) is 3.14. The van der Waals surface area contributed by atoms with E-state index in [0.29, 0.717) is 5.69 Å². The van der Waals surface area contributed by atoms with Crippen LogP contribution in [-0.2, 0) is 6.54 Å². The maximum Gasteiger partial charge on any atom is 0.274 e. The van der Waals surface area contributed by atoms with E-state index in [9.17, 15) is 4.79 Å².